The molecule has 0 aliphatic heterocycles. The van der Waals surface area contributed by atoms with Crippen molar-refractivity contribution in [1.82, 2.24) is 0 Å². The van der Waals surface area contributed by atoms with Gasteiger partial charge in [-0.1, -0.05) is 26.8 Å². The Labute approximate surface area is 116 Å². The summed E-state index contributed by atoms with van der Waals surface area (Å²) in [6.07, 6.45) is -4.05. The molecule has 1 aromatic carbocycles. The van der Waals surface area contributed by atoms with Crippen molar-refractivity contribution in [2.45, 2.75) is 33.6 Å². The molecule has 0 aromatic heterocycles. The molecule has 0 saturated heterocycles. The number of hydrogen-bond acceptors (Lipinski definition) is 3. The van der Waals surface area contributed by atoms with Crippen molar-refractivity contribution in [3.05, 3.63) is 23.8 Å². The largest absolute Gasteiger partial charge is 0.573 e. The Balaban J connectivity index is 2.89. The predicted octanol–water partition coefficient (Wildman–Crippen LogP) is 3.51. The smallest absolute Gasteiger partial charge is 0.493 e. The number of nitrogens with two attached hydrogens (primary N) is 1. The van der Waals surface area contributed by atoms with E-state index < -0.39 is 6.36 Å². The second kappa shape index (κ2) is 6.35. The number of alkyl halides is 3. The van der Waals surface area contributed by atoms with E-state index in [-0.39, 0.29) is 11.2 Å². The maximum absolute atomic E-state index is 12.2. The quantitative estimate of drug-likeness (QED) is 0.872. The molecule has 0 saturated carbocycles. The topological polar surface area (TPSA) is 44.5 Å². The number of halogens is 3. The number of benzene rings is 1. The van der Waals surface area contributed by atoms with E-state index in [1.807, 2.05) is 20.8 Å². The van der Waals surface area contributed by atoms with Crippen LogP contribution in [0.3, 0.4) is 0 Å². The van der Waals surface area contributed by atoms with Gasteiger partial charge < -0.3 is 15.2 Å². The van der Waals surface area contributed by atoms with Gasteiger partial charge >= 0.3 is 6.36 Å². The van der Waals surface area contributed by atoms with Crippen LogP contribution < -0.4 is 15.2 Å². The number of hydrogen-bond donors (Lipinski definition) is 1. The second-order valence-electron chi connectivity index (χ2n) is 5.33. The summed E-state index contributed by atoms with van der Waals surface area (Å²) in [5, 5.41) is 0. The van der Waals surface area contributed by atoms with Crippen LogP contribution in [-0.2, 0) is 6.42 Å². The van der Waals surface area contributed by atoms with E-state index >= 15 is 0 Å². The van der Waals surface area contributed by atoms with Gasteiger partial charge in [-0.15, -0.1) is 13.2 Å². The fraction of sp³-hybridized carbons (Fsp3) is 0.571. The van der Waals surface area contributed by atoms with Crippen LogP contribution in [0.1, 0.15) is 26.3 Å². The summed E-state index contributed by atoms with van der Waals surface area (Å²) in [7, 11) is 0. The zero-order valence-corrected chi connectivity index (χ0v) is 11.9. The average molecular weight is 291 g/mol. The maximum atomic E-state index is 12.2. The van der Waals surface area contributed by atoms with Crippen LogP contribution in [0.2, 0.25) is 0 Å². The Morgan fingerprint density at radius 1 is 1.20 bits per heavy atom. The third-order valence-corrected chi connectivity index (χ3v) is 2.82. The Bertz CT molecular complexity index is 445. The highest BCUT2D eigenvalue weighted by Crippen LogP contribution is 2.30. The van der Waals surface area contributed by atoms with E-state index in [1.54, 1.807) is 6.07 Å². The monoisotopic (exact) mass is 291 g/mol. The Kier molecular flexibility index (Phi) is 5.28. The first-order chi connectivity index (χ1) is 9.17. The first kappa shape index (κ1) is 16.6. The van der Waals surface area contributed by atoms with Crippen LogP contribution in [0.25, 0.3) is 0 Å². The molecule has 1 rings (SSSR count). The molecule has 0 amide bonds. The summed E-state index contributed by atoms with van der Waals surface area (Å²) in [5.41, 5.74) is 6.18. The highest BCUT2D eigenvalue weighted by molar-refractivity contribution is 5.40. The van der Waals surface area contributed by atoms with E-state index in [2.05, 4.69) is 4.74 Å². The average Bonchev–Trinajstić information content (AvgIpc) is 2.35. The molecule has 0 fully saturated rings. The maximum Gasteiger partial charge on any atom is 0.573 e. The Morgan fingerprint density at radius 2 is 1.85 bits per heavy atom. The summed E-state index contributed by atoms with van der Waals surface area (Å²) in [6, 6.07) is 4.12. The molecule has 2 N–H and O–H groups in total. The fourth-order valence-electron chi connectivity index (χ4n) is 1.49. The second-order valence-corrected chi connectivity index (χ2v) is 5.33. The van der Waals surface area contributed by atoms with E-state index in [0.717, 1.165) is 5.56 Å². The standard InChI is InChI=1S/C14H20F3NO2/c1-4-10-5-6-11(20-14(15,16)17)7-12(10)19-9-13(2,3)8-18/h5-7H,4,8-9,18H2,1-3H3. The Morgan fingerprint density at radius 3 is 2.35 bits per heavy atom. The van der Waals surface area contributed by atoms with Gasteiger partial charge in [0.2, 0.25) is 0 Å². The summed E-state index contributed by atoms with van der Waals surface area (Å²) in [5.74, 6) is 0.117. The lowest BCUT2D eigenvalue weighted by Crippen LogP contribution is -2.30. The molecule has 6 heteroatoms. The van der Waals surface area contributed by atoms with Crippen molar-refractivity contribution in [3.8, 4) is 11.5 Å². The van der Waals surface area contributed by atoms with Crippen LogP contribution >= 0.6 is 0 Å². The minimum atomic E-state index is -4.71. The molecule has 0 bridgehead atoms. The third-order valence-electron chi connectivity index (χ3n) is 2.82. The molecule has 0 aliphatic rings. The number of aryl methyl sites for hydroxylation is 1. The van der Waals surface area contributed by atoms with Gasteiger partial charge in [0.25, 0.3) is 0 Å². The third kappa shape index (κ3) is 5.28. The SMILES string of the molecule is CCc1ccc(OC(F)(F)F)cc1OCC(C)(C)CN. The molecule has 0 aliphatic carbocycles. The van der Waals surface area contributed by atoms with Crippen LogP contribution in [0.4, 0.5) is 13.2 Å². The number of ether oxygens (including phenoxy) is 2. The van der Waals surface area contributed by atoms with Crippen molar-refractivity contribution in [3.63, 3.8) is 0 Å². The van der Waals surface area contributed by atoms with E-state index in [0.29, 0.717) is 25.3 Å². The lowest BCUT2D eigenvalue weighted by molar-refractivity contribution is -0.274. The normalized spacial score (nSPS) is 12.3. The van der Waals surface area contributed by atoms with Gasteiger partial charge in [-0.05, 0) is 18.1 Å². The molecule has 1 aromatic rings. The predicted molar refractivity (Wildman–Crippen MR) is 70.8 cm³/mol. The molecule has 0 radical (unpaired) electrons. The van der Waals surface area contributed by atoms with Gasteiger partial charge in [0.05, 0.1) is 6.61 Å². The highest BCUT2D eigenvalue weighted by atomic mass is 19.4. The van der Waals surface area contributed by atoms with Gasteiger partial charge in [-0.3, -0.25) is 0 Å². The molecular weight excluding hydrogens is 271 g/mol. The van der Waals surface area contributed by atoms with Gasteiger partial charge in [0.15, 0.2) is 0 Å². The van der Waals surface area contributed by atoms with E-state index in [9.17, 15) is 13.2 Å². The summed E-state index contributed by atoms with van der Waals surface area (Å²) in [6.45, 7) is 6.50. The summed E-state index contributed by atoms with van der Waals surface area (Å²) < 4.78 is 46.1. The van der Waals surface area contributed by atoms with Crippen LogP contribution in [0, 0.1) is 5.41 Å². The van der Waals surface area contributed by atoms with E-state index in [1.165, 1.54) is 12.1 Å². The molecule has 114 valence electrons. The van der Waals surface area contributed by atoms with Gasteiger partial charge in [0, 0.05) is 18.0 Å². The Hall–Kier alpha value is -1.43. The number of rotatable bonds is 6. The lowest BCUT2D eigenvalue weighted by Gasteiger charge is -2.23. The first-order valence-corrected chi connectivity index (χ1v) is 6.38. The van der Waals surface area contributed by atoms with Gasteiger partial charge in [-0.25, -0.2) is 0 Å². The van der Waals surface area contributed by atoms with Crippen molar-refractivity contribution < 1.29 is 22.6 Å². The first-order valence-electron chi connectivity index (χ1n) is 6.38. The molecule has 0 spiro atoms. The zero-order valence-electron chi connectivity index (χ0n) is 11.9. The molecular formula is C14H20F3NO2. The van der Waals surface area contributed by atoms with Crippen LogP contribution in [0.15, 0.2) is 18.2 Å². The van der Waals surface area contributed by atoms with Crippen molar-refractivity contribution in [1.29, 1.82) is 0 Å². The van der Waals surface area contributed by atoms with Crippen molar-refractivity contribution in [2.24, 2.45) is 11.1 Å². The van der Waals surface area contributed by atoms with Crippen LogP contribution in [-0.4, -0.2) is 19.5 Å². The minimum absolute atomic E-state index is 0.244. The lowest BCUT2D eigenvalue weighted by atomic mass is 9.95. The summed E-state index contributed by atoms with van der Waals surface area (Å²) >= 11 is 0. The van der Waals surface area contributed by atoms with Crippen molar-refractivity contribution in [2.75, 3.05) is 13.2 Å². The van der Waals surface area contributed by atoms with Gasteiger partial charge in [0.1, 0.15) is 11.5 Å². The highest BCUT2D eigenvalue weighted by Gasteiger charge is 2.31. The van der Waals surface area contributed by atoms with Crippen molar-refractivity contribution >= 4 is 0 Å². The molecule has 0 atom stereocenters. The molecule has 3 nitrogen and oxygen atoms in total. The fourth-order valence-corrected chi connectivity index (χ4v) is 1.49. The van der Waals surface area contributed by atoms with Gasteiger partial charge in [-0.2, -0.15) is 0 Å². The minimum Gasteiger partial charge on any atom is -0.493 e. The molecule has 0 unspecified atom stereocenters. The molecule has 0 heterocycles. The summed E-state index contributed by atoms with van der Waals surface area (Å²) in [4.78, 5) is 0. The zero-order chi connectivity index (χ0) is 15.4. The molecule has 20 heavy (non-hydrogen) atoms. The van der Waals surface area contributed by atoms with E-state index in [4.69, 9.17) is 10.5 Å². The van der Waals surface area contributed by atoms with Crippen LogP contribution in [0.5, 0.6) is 11.5 Å².